The fraction of sp³-hybridized carbons (Fsp3) is 0.125. The normalized spacial score (nSPS) is 14.9. The third kappa shape index (κ3) is 6.95. The number of rotatable bonds is 7. The Balaban J connectivity index is 1.15. The van der Waals surface area contributed by atoms with Crippen molar-refractivity contribution >= 4 is 28.8 Å². The van der Waals surface area contributed by atoms with Crippen LogP contribution in [0, 0.1) is 0 Å². The van der Waals surface area contributed by atoms with E-state index in [0.717, 1.165) is 51.8 Å². The van der Waals surface area contributed by atoms with Crippen molar-refractivity contribution in [3.05, 3.63) is 115 Å². The van der Waals surface area contributed by atoms with Gasteiger partial charge in [0, 0.05) is 23.4 Å². The Morgan fingerprint density at radius 3 is 2.35 bits per heavy atom. The minimum Gasteiger partial charge on any atom is -0.406 e. The number of halogens is 3. The second-order valence-corrected chi connectivity index (χ2v) is 10.6. The molecule has 1 aliphatic rings. The lowest BCUT2D eigenvalue weighted by molar-refractivity contribution is -0.274. The van der Waals surface area contributed by atoms with Crippen LogP contribution in [0.2, 0.25) is 0 Å². The van der Waals surface area contributed by atoms with Gasteiger partial charge in [-0.1, -0.05) is 84.6 Å². The molecule has 0 N–H and O–H groups in total. The van der Waals surface area contributed by atoms with Crippen LogP contribution in [0.5, 0.6) is 5.75 Å². The van der Waals surface area contributed by atoms with Gasteiger partial charge in [-0.3, -0.25) is 0 Å². The summed E-state index contributed by atoms with van der Waals surface area (Å²) in [5.74, 6) is 1.16. The first kappa shape index (κ1) is 28.2. The van der Waals surface area contributed by atoms with Crippen molar-refractivity contribution < 1.29 is 17.9 Å². The van der Waals surface area contributed by atoms with E-state index >= 15 is 0 Å². The highest BCUT2D eigenvalue weighted by Gasteiger charge is 2.31. The topological polar surface area (TPSA) is 67.9 Å². The Morgan fingerprint density at radius 2 is 1.58 bits per heavy atom. The number of aromatic nitrogens is 3. The molecule has 0 bridgehead atoms. The van der Waals surface area contributed by atoms with Crippen molar-refractivity contribution in [2.45, 2.75) is 12.8 Å². The molecule has 1 aromatic heterocycles. The number of hydrogen-bond acceptors (Lipinski definition) is 6. The second-order valence-electron chi connectivity index (χ2n) is 9.54. The molecule has 7 nitrogen and oxygen atoms in total. The van der Waals surface area contributed by atoms with Gasteiger partial charge in [-0.2, -0.15) is 5.10 Å². The number of para-hydroxylation sites is 1. The summed E-state index contributed by atoms with van der Waals surface area (Å²) >= 11 is 1.69. The average molecular weight is 599 g/mol. The van der Waals surface area contributed by atoms with E-state index in [-0.39, 0.29) is 5.75 Å². The Hall–Kier alpha value is -4.90. The summed E-state index contributed by atoms with van der Waals surface area (Å²) in [6.07, 6.45) is -0.469. The van der Waals surface area contributed by atoms with E-state index in [4.69, 9.17) is 0 Å². The predicted molar refractivity (Wildman–Crippen MR) is 165 cm³/mol. The highest BCUT2D eigenvalue weighted by Crippen LogP contribution is 2.34. The number of amidine groups is 1. The molecule has 4 aromatic carbocycles. The lowest BCUT2D eigenvalue weighted by Gasteiger charge is -2.30. The summed E-state index contributed by atoms with van der Waals surface area (Å²) < 4.78 is 42.7. The van der Waals surface area contributed by atoms with Crippen LogP contribution in [0.15, 0.2) is 120 Å². The quantitative estimate of drug-likeness (QED) is 0.141. The molecule has 1 saturated heterocycles. The molecule has 5 aromatic rings. The van der Waals surface area contributed by atoms with Gasteiger partial charge in [-0.05, 0) is 47.9 Å². The van der Waals surface area contributed by atoms with Gasteiger partial charge in [0.2, 0.25) is 0 Å². The summed E-state index contributed by atoms with van der Waals surface area (Å²) in [7, 11) is 0. The minimum atomic E-state index is -4.74. The summed E-state index contributed by atoms with van der Waals surface area (Å²) in [6.45, 7) is 0.866. The van der Waals surface area contributed by atoms with Crippen LogP contribution < -0.4 is 9.64 Å². The van der Waals surface area contributed by atoms with Gasteiger partial charge in [0.05, 0.1) is 17.6 Å². The Kier molecular flexibility index (Phi) is 8.23. The standard InChI is InChI=1S/C32H25F3N6OS/c33-32(34,35)42-27-17-15-26(16-18-27)41-22-36-30(39-41)25-13-11-23(12-14-25)21-37-38-31-40(19-6-20-43-31)29-10-5-4-9-28(29)24-7-2-1-3-8-24/h1-5,7-18,21-22H,6,19-20H2. The van der Waals surface area contributed by atoms with Crippen molar-refractivity contribution in [3.8, 4) is 34.0 Å². The van der Waals surface area contributed by atoms with Gasteiger partial charge in [0.15, 0.2) is 11.0 Å². The highest BCUT2D eigenvalue weighted by molar-refractivity contribution is 8.14. The third-order valence-corrected chi connectivity index (χ3v) is 7.67. The SMILES string of the molecule is FC(F)(F)Oc1ccc(-n2cnc(-c3ccc(C=NN=C4SCCCN4c4ccccc4-c4ccccc4)cc3)n2)cc1. The van der Waals surface area contributed by atoms with E-state index < -0.39 is 6.36 Å². The maximum absolute atomic E-state index is 12.4. The summed E-state index contributed by atoms with van der Waals surface area (Å²) in [5.41, 5.74) is 5.62. The molecule has 0 amide bonds. The van der Waals surface area contributed by atoms with Crippen molar-refractivity contribution in [2.24, 2.45) is 10.2 Å². The van der Waals surface area contributed by atoms with Crippen molar-refractivity contribution in [1.82, 2.24) is 14.8 Å². The molecule has 216 valence electrons. The Labute approximate surface area is 250 Å². The van der Waals surface area contributed by atoms with Crippen LogP contribution in [0.1, 0.15) is 12.0 Å². The number of ether oxygens (including phenoxy) is 1. The molecule has 0 spiro atoms. The Bertz CT molecular complexity index is 1740. The number of thioether (sulfide) groups is 1. The monoisotopic (exact) mass is 598 g/mol. The first-order valence-electron chi connectivity index (χ1n) is 13.5. The highest BCUT2D eigenvalue weighted by atomic mass is 32.2. The second kappa shape index (κ2) is 12.5. The van der Waals surface area contributed by atoms with Crippen LogP contribution in [0.3, 0.4) is 0 Å². The molecule has 2 heterocycles. The van der Waals surface area contributed by atoms with Crippen LogP contribution in [-0.2, 0) is 0 Å². The molecule has 43 heavy (non-hydrogen) atoms. The third-order valence-electron chi connectivity index (χ3n) is 6.61. The molecule has 6 rings (SSSR count). The lowest BCUT2D eigenvalue weighted by atomic mass is 10.0. The first-order chi connectivity index (χ1) is 20.9. The van der Waals surface area contributed by atoms with Gasteiger partial charge >= 0.3 is 6.36 Å². The number of alkyl halides is 3. The summed E-state index contributed by atoms with van der Waals surface area (Å²) in [4.78, 5) is 6.57. The fourth-order valence-electron chi connectivity index (χ4n) is 4.62. The molecule has 0 saturated carbocycles. The van der Waals surface area contributed by atoms with E-state index in [1.165, 1.54) is 35.3 Å². The predicted octanol–water partition coefficient (Wildman–Crippen LogP) is 7.83. The zero-order valence-electron chi connectivity index (χ0n) is 22.7. The van der Waals surface area contributed by atoms with Gasteiger partial charge < -0.3 is 9.64 Å². The average Bonchev–Trinajstić information content (AvgIpc) is 3.52. The fourth-order valence-corrected chi connectivity index (χ4v) is 5.53. The maximum Gasteiger partial charge on any atom is 0.573 e. The van der Waals surface area contributed by atoms with Gasteiger partial charge in [0.1, 0.15) is 12.1 Å². The summed E-state index contributed by atoms with van der Waals surface area (Å²) in [5, 5.41) is 14.3. The Morgan fingerprint density at radius 1 is 0.837 bits per heavy atom. The largest absolute Gasteiger partial charge is 0.573 e. The van der Waals surface area contributed by atoms with E-state index in [2.05, 4.69) is 60.3 Å². The van der Waals surface area contributed by atoms with Crippen LogP contribution in [0.4, 0.5) is 18.9 Å². The van der Waals surface area contributed by atoms with Crippen molar-refractivity contribution in [3.63, 3.8) is 0 Å². The number of anilines is 1. The minimum absolute atomic E-state index is 0.300. The maximum atomic E-state index is 12.4. The number of nitrogens with zero attached hydrogens (tertiary/aromatic N) is 6. The molecule has 11 heteroatoms. The molecule has 0 atom stereocenters. The van der Waals surface area contributed by atoms with E-state index in [1.54, 1.807) is 18.0 Å². The van der Waals surface area contributed by atoms with Crippen molar-refractivity contribution in [2.75, 3.05) is 17.2 Å². The molecular formula is C32H25F3N6OS. The van der Waals surface area contributed by atoms with Crippen LogP contribution in [0.25, 0.3) is 28.2 Å². The van der Waals surface area contributed by atoms with E-state index in [9.17, 15) is 13.2 Å². The van der Waals surface area contributed by atoms with E-state index in [1.807, 2.05) is 48.5 Å². The number of hydrogen-bond donors (Lipinski definition) is 0. The molecule has 1 aliphatic heterocycles. The zero-order chi connectivity index (χ0) is 29.6. The molecule has 0 aliphatic carbocycles. The van der Waals surface area contributed by atoms with E-state index in [0.29, 0.717) is 11.5 Å². The first-order valence-corrected chi connectivity index (χ1v) is 14.5. The molecule has 0 radical (unpaired) electrons. The molecule has 0 unspecified atom stereocenters. The zero-order valence-corrected chi connectivity index (χ0v) is 23.5. The molecular weight excluding hydrogens is 573 g/mol. The van der Waals surface area contributed by atoms with Gasteiger partial charge in [-0.15, -0.1) is 23.4 Å². The summed E-state index contributed by atoms with van der Waals surface area (Å²) in [6, 6.07) is 31.7. The number of benzene rings is 4. The smallest absolute Gasteiger partial charge is 0.406 e. The lowest BCUT2D eigenvalue weighted by Crippen LogP contribution is -2.34. The molecule has 1 fully saturated rings. The van der Waals surface area contributed by atoms with Crippen LogP contribution >= 0.6 is 11.8 Å². The van der Waals surface area contributed by atoms with Gasteiger partial charge in [0.25, 0.3) is 0 Å². The van der Waals surface area contributed by atoms with Gasteiger partial charge in [-0.25, -0.2) is 9.67 Å². The van der Waals surface area contributed by atoms with Crippen molar-refractivity contribution in [1.29, 1.82) is 0 Å². The van der Waals surface area contributed by atoms with Crippen LogP contribution in [-0.4, -0.2) is 44.8 Å².